The fourth-order valence-corrected chi connectivity index (χ4v) is 4.25. The summed E-state index contributed by atoms with van der Waals surface area (Å²) in [5.41, 5.74) is 5.12. The van der Waals surface area contributed by atoms with Gasteiger partial charge in [-0.3, -0.25) is 4.68 Å². The molecule has 166 valence electrons. The first-order valence-corrected chi connectivity index (χ1v) is 10.9. The van der Waals surface area contributed by atoms with Gasteiger partial charge < -0.3 is 0 Å². The van der Waals surface area contributed by atoms with Crippen molar-refractivity contribution in [2.75, 3.05) is 0 Å². The number of hydrogen-bond acceptors (Lipinski definition) is 1. The molecule has 0 aliphatic rings. The Morgan fingerprint density at radius 1 is 0.906 bits per heavy atom. The van der Waals surface area contributed by atoms with Crippen LogP contribution in [0.15, 0.2) is 66.9 Å². The van der Waals surface area contributed by atoms with Gasteiger partial charge in [0.25, 0.3) is 0 Å². The standard InChI is InChI=1S/C27H27F3N2/c1-17(2)13-26(20-7-5-18(3)6-8-20)32-25-12-9-21(15-22(25)16-31-32)24-11-10-23(14-19(24)4)27(28,29)30/h5-12,14-17,26H,13H2,1-4H3. The van der Waals surface area contributed by atoms with Crippen LogP contribution in [0.3, 0.4) is 0 Å². The zero-order valence-electron chi connectivity index (χ0n) is 18.7. The molecule has 0 aliphatic heterocycles. The van der Waals surface area contributed by atoms with Crippen LogP contribution >= 0.6 is 0 Å². The van der Waals surface area contributed by atoms with Crippen molar-refractivity contribution in [1.29, 1.82) is 0 Å². The van der Waals surface area contributed by atoms with Crippen LogP contribution in [0.4, 0.5) is 13.2 Å². The molecule has 0 spiro atoms. The minimum Gasteiger partial charge on any atom is -0.257 e. The highest BCUT2D eigenvalue weighted by Gasteiger charge is 2.30. The van der Waals surface area contributed by atoms with Crippen molar-refractivity contribution in [2.45, 2.75) is 46.3 Å². The van der Waals surface area contributed by atoms with E-state index >= 15 is 0 Å². The summed E-state index contributed by atoms with van der Waals surface area (Å²) in [6.45, 7) is 8.21. The van der Waals surface area contributed by atoms with E-state index in [1.54, 1.807) is 13.0 Å². The quantitative estimate of drug-likeness (QED) is 0.310. The Balaban J connectivity index is 1.74. The summed E-state index contributed by atoms with van der Waals surface area (Å²) in [4.78, 5) is 0. The summed E-state index contributed by atoms with van der Waals surface area (Å²) < 4.78 is 41.2. The van der Waals surface area contributed by atoms with Crippen molar-refractivity contribution in [3.63, 3.8) is 0 Å². The van der Waals surface area contributed by atoms with Gasteiger partial charge in [0.2, 0.25) is 0 Å². The number of fused-ring (bicyclic) bond motifs is 1. The number of halogens is 3. The van der Waals surface area contributed by atoms with Crippen LogP contribution in [0.25, 0.3) is 22.0 Å². The van der Waals surface area contributed by atoms with Gasteiger partial charge in [0.05, 0.1) is 23.3 Å². The maximum Gasteiger partial charge on any atom is 0.416 e. The highest BCUT2D eigenvalue weighted by atomic mass is 19.4. The second-order valence-electron chi connectivity index (χ2n) is 8.95. The lowest BCUT2D eigenvalue weighted by Gasteiger charge is -2.21. The number of rotatable bonds is 5. The molecule has 1 heterocycles. The van der Waals surface area contributed by atoms with Crippen molar-refractivity contribution in [3.05, 3.63) is 89.1 Å². The van der Waals surface area contributed by atoms with E-state index in [0.29, 0.717) is 11.5 Å². The van der Waals surface area contributed by atoms with Crippen LogP contribution in [0.1, 0.15) is 48.6 Å². The Bertz CT molecular complexity index is 1230. The molecular weight excluding hydrogens is 409 g/mol. The van der Waals surface area contributed by atoms with Crippen molar-refractivity contribution in [3.8, 4) is 11.1 Å². The maximum absolute atomic E-state index is 13.0. The number of benzene rings is 3. The topological polar surface area (TPSA) is 17.8 Å². The van der Waals surface area contributed by atoms with E-state index in [-0.39, 0.29) is 6.04 Å². The van der Waals surface area contributed by atoms with Crippen LogP contribution in [0.5, 0.6) is 0 Å². The zero-order chi connectivity index (χ0) is 23.0. The van der Waals surface area contributed by atoms with Gasteiger partial charge in [-0.25, -0.2) is 0 Å². The minimum atomic E-state index is -4.34. The van der Waals surface area contributed by atoms with E-state index in [0.717, 1.165) is 34.5 Å². The number of aromatic nitrogens is 2. The van der Waals surface area contributed by atoms with Gasteiger partial charge in [0.15, 0.2) is 0 Å². The van der Waals surface area contributed by atoms with Crippen molar-refractivity contribution in [1.82, 2.24) is 9.78 Å². The van der Waals surface area contributed by atoms with Gasteiger partial charge in [-0.15, -0.1) is 0 Å². The van der Waals surface area contributed by atoms with Crippen LogP contribution in [-0.4, -0.2) is 9.78 Å². The molecule has 0 radical (unpaired) electrons. The zero-order valence-corrected chi connectivity index (χ0v) is 18.7. The predicted octanol–water partition coefficient (Wildman–Crippen LogP) is 7.97. The Kier molecular flexibility index (Phi) is 5.85. The average molecular weight is 437 g/mol. The third-order valence-corrected chi connectivity index (χ3v) is 5.91. The Morgan fingerprint density at radius 2 is 1.62 bits per heavy atom. The molecule has 32 heavy (non-hydrogen) atoms. The Morgan fingerprint density at radius 3 is 2.25 bits per heavy atom. The largest absolute Gasteiger partial charge is 0.416 e. The molecule has 1 aromatic heterocycles. The van der Waals surface area contributed by atoms with Gasteiger partial charge in [-0.05, 0) is 72.7 Å². The Hall–Kier alpha value is -3.08. The molecule has 0 saturated carbocycles. The molecule has 0 aliphatic carbocycles. The SMILES string of the molecule is Cc1ccc(C(CC(C)C)n2ncc3cc(-c4ccc(C(F)(F)F)cc4C)ccc32)cc1. The van der Waals surface area contributed by atoms with Gasteiger partial charge in [-0.1, -0.05) is 55.8 Å². The summed E-state index contributed by atoms with van der Waals surface area (Å²) in [5, 5.41) is 5.69. The van der Waals surface area contributed by atoms with Crippen molar-refractivity contribution in [2.24, 2.45) is 5.92 Å². The molecule has 4 aromatic rings. The van der Waals surface area contributed by atoms with Crippen LogP contribution in [0, 0.1) is 19.8 Å². The minimum absolute atomic E-state index is 0.117. The first-order valence-electron chi connectivity index (χ1n) is 10.9. The van der Waals surface area contributed by atoms with Crippen LogP contribution in [0.2, 0.25) is 0 Å². The highest BCUT2D eigenvalue weighted by molar-refractivity contribution is 5.85. The summed E-state index contributed by atoms with van der Waals surface area (Å²) in [5.74, 6) is 0.495. The molecule has 0 amide bonds. The third kappa shape index (κ3) is 4.43. The van der Waals surface area contributed by atoms with E-state index in [9.17, 15) is 13.2 Å². The van der Waals surface area contributed by atoms with E-state index in [4.69, 9.17) is 5.10 Å². The number of aryl methyl sites for hydroxylation is 2. The molecule has 3 aromatic carbocycles. The Labute approximate surface area is 186 Å². The maximum atomic E-state index is 13.0. The van der Waals surface area contributed by atoms with Gasteiger partial charge >= 0.3 is 6.18 Å². The molecule has 1 unspecified atom stereocenters. The molecule has 1 atom stereocenters. The summed E-state index contributed by atoms with van der Waals surface area (Å²) in [6, 6.07) is 18.6. The molecule has 5 heteroatoms. The first kappa shape index (κ1) is 22.1. The molecule has 4 rings (SSSR count). The molecular formula is C27H27F3N2. The second-order valence-corrected chi connectivity index (χ2v) is 8.95. The fraction of sp³-hybridized carbons (Fsp3) is 0.296. The number of alkyl halides is 3. The van der Waals surface area contributed by atoms with E-state index in [1.165, 1.54) is 17.2 Å². The second kappa shape index (κ2) is 8.45. The fourth-order valence-electron chi connectivity index (χ4n) is 4.25. The monoisotopic (exact) mass is 436 g/mol. The lowest BCUT2D eigenvalue weighted by atomic mass is 9.95. The summed E-state index contributed by atoms with van der Waals surface area (Å²) >= 11 is 0. The van der Waals surface area contributed by atoms with Gasteiger partial charge in [0.1, 0.15) is 0 Å². The van der Waals surface area contributed by atoms with Gasteiger partial charge in [0, 0.05) is 5.39 Å². The van der Waals surface area contributed by atoms with Crippen LogP contribution in [-0.2, 0) is 6.18 Å². The van der Waals surface area contributed by atoms with Crippen LogP contribution < -0.4 is 0 Å². The molecule has 0 saturated heterocycles. The molecule has 0 N–H and O–H groups in total. The van der Waals surface area contributed by atoms with E-state index in [2.05, 4.69) is 49.7 Å². The molecule has 0 bridgehead atoms. The van der Waals surface area contributed by atoms with Crippen molar-refractivity contribution < 1.29 is 13.2 Å². The first-order chi connectivity index (χ1) is 15.1. The van der Waals surface area contributed by atoms with E-state index < -0.39 is 11.7 Å². The lowest BCUT2D eigenvalue weighted by Crippen LogP contribution is -2.14. The normalized spacial score (nSPS) is 13.1. The highest BCUT2D eigenvalue weighted by Crippen LogP contribution is 2.35. The summed E-state index contributed by atoms with van der Waals surface area (Å²) in [6.07, 6.45) is -1.53. The van der Waals surface area contributed by atoms with Crippen molar-refractivity contribution >= 4 is 10.9 Å². The number of nitrogens with zero attached hydrogens (tertiary/aromatic N) is 2. The third-order valence-electron chi connectivity index (χ3n) is 5.91. The average Bonchev–Trinajstić information content (AvgIpc) is 3.15. The van der Waals surface area contributed by atoms with Gasteiger partial charge in [-0.2, -0.15) is 18.3 Å². The smallest absolute Gasteiger partial charge is 0.257 e. The summed E-state index contributed by atoms with van der Waals surface area (Å²) in [7, 11) is 0. The predicted molar refractivity (Wildman–Crippen MR) is 124 cm³/mol. The lowest BCUT2D eigenvalue weighted by molar-refractivity contribution is -0.137. The van der Waals surface area contributed by atoms with E-state index in [1.807, 2.05) is 24.4 Å². The molecule has 0 fully saturated rings. The number of hydrogen-bond donors (Lipinski definition) is 0. The molecule has 2 nitrogen and oxygen atoms in total.